The Morgan fingerprint density at radius 3 is 1.85 bits per heavy atom. The van der Waals surface area contributed by atoms with Gasteiger partial charge in [-0.2, -0.15) is 0 Å². The summed E-state index contributed by atoms with van der Waals surface area (Å²) in [6.45, 7) is 15.3. The molecule has 0 aromatic heterocycles. The van der Waals surface area contributed by atoms with Gasteiger partial charge in [0.2, 0.25) is 6.29 Å². The molecule has 0 amide bonds. The molecule has 23 nitrogen and oxygen atoms in total. The van der Waals surface area contributed by atoms with Crippen LogP contribution in [-0.2, 0) is 52.2 Å². The van der Waals surface area contributed by atoms with Crippen molar-refractivity contribution < 1.29 is 113 Å². The van der Waals surface area contributed by atoms with Crippen LogP contribution < -0.4 is 0 Å². The molecule has 4 saturated heterocycles. The van der Waals surface area contributed by atoms with Gasteiger partial charge in [-0.3, -0.25) is 4.79 Å². The molecule has 0 bridgehead atoms. The van der Waals surface area contributed by atoms with Gasteiger partial charge >= 0.3 is 11.9 Å². The smallest absolute Gasteiger partial charge is 0.338 e. The third-order valence-corrected chi connectivity index (χ3v) is 21.3. The van der Waals surface area contributed by atoms with Gasteiger partial charge < -0.3 is 104 Å². The molecule has 4 saturated carbocycles. The number of aliphatic hydroxyl groups is 12. The predicted octanol–water partition coefficient (Wildman–Crippen LogP) is -0.825. The molecule has 5 aliphatic carbocycles. The molecule has 9 rings (SSSR count). The summed E-state index contributed by atoms with van der Waals surface area (Å²) in [5, 5.41) is 128. The number of carbonyl (C=O) groups is 2. The summed E-state index contributed by atoms with van der Waals surface area (Å²) in [5.41, 5.74) is -1.23. The van der Waals surface area contributed by atoms with Crippen LogP contribution in [0.1, 0.15) is 120 Å². The number of hydrogen-bond acceptors (Lipinski definition) is 23. The van der Waals surface area contributed by atoms with Crippen LogP contribution in [0.3, 0.4) is 0 Å². The highest BCUT2D eigenvalue weighted by Crippen LogP contribution is 2.76. The highest BCUT2D eigenvalue weighted by molar-refractivity contribution is 5.79. The van der Waals surface area contributed by atoms with E-state index in [1.54, 1.807) is 6.92 Å². The van der Waals surface area contributed by atoms with Crippen molar-refractivity contribution in [3.05, 3.63) is 11.6 Å². The molecule has 0 radical (unpaired) electrons. The van der Waals surface area contributed by atoms with Gasteiger partial charge in [-0.25, -0.2) is 4.79 Å². The molecule has 78 heavy (non-hydrogen) atoms. The second-order valence-electron chi connectivity index (χ2n) is 26.3. The van der Waals surface area contributed by atoms with Gasteiger partial charge in [-0.1, -0.05) is 60.1 Å². The Hall–Kier alpha value is -2.08. The van der Waals surface area contributed by atoms with Crippen molar-refractivity contribution in [1.82, 2.24) is 0 Å². The van der Waals surface area contributed by atoms with Gasteiger partial charge in [0.15, 0.2) is 25.0 Å². The Balaban J connectivity index is 0.983. The fraction of sp³-hybridized carbons (Fsp3) is 0.927. The van der Waals surface area contributed by atoms with Crippen LogP contribution in [0.15, 0.2) is 11.6 Å². The fourth-order valence-corrected chi connectivity index (χ4v) is 16.4. The summed E-state index contributed by atoms with van der Waals surface area (Å²) in [6, 6.07) is 0. The van der Waals surface area contributed by atoms with Crippen molar-refractivity contribution in [2.24, 2.45) is 50.2 Å². The number of ether oxygens (including phenoxy) is 9. The van der Waals surface area contributed by atoms with Crippen molar-refractivity contribution in [2.75, 3.05) is 26.4 Å². The Morgan fingerprint density at radius 2 is 1.21 bits per heavy atom. The molecule has 0 spiro atoms. The molecule has 0 aromatic carbocycles. The van der Waals surface area contributed by atoms with Crippen LogP contribution in [0.4, 0.5) is 0 Å². The Kier molecular flexibility index (Phi) is 17.2. The maximum absolute atomic E-state index is 14.8. The minimum atomic E-state index is -1.96. The lowest BCUT2D eigenvalue weighted by molar-refractivity contribution is -0.385. The lowest BCUT2D eigenvalue weighted by Gasteiger charge is -2.71. The second-order valence-corrected chi connectivity index (χ2v) is 26.3. The van der Waals surface area contributed by atoms with Crippen LogP contribution >= 0.6 is 0 Å². The Labute approximate surface area is 455 Å². The number of allylic oxidation sites excluding steroid dienone is 2. The maximum Gasteiger partial charge on any atom is 0.338 e. The summed E-state index contributed by atoms with van der Waals surface area (Å²) in [7, 11) is 0. The van der Waals surface area contributed by atoms with Crippen molar-refractivity contribution >= 4 is 11.9 Å². The average Bonchev–Trinajstić information content (AvgIpc) is 3.47. The first-order valence-corrected chi connectivity index (χ1v) is 28.2. The number of aliphatic hydroxyl groups excluding tert-OH is 12. The summed E-state index contributed by atoms with van der Waals surface area (Å²) in [4.78, 5) is 28.8. The minimum Gasteiger partial charge on any atom is -0.464 e. The number of esters is 2. The lowest BCUT2D eigenvalue weighted by atomic mass is 9.33. The Bertz CT molecular complexity index is 2180. The third-order valence-electron chi connectivity index (χ3n) is 21.3. The quantitative estimate of drug-likeness (QED) is 0.0645. The van der Waals surface area contributed by atoms with Crippen LogP contribution in [0.25, 0.3) is 0 Å². The van der Waals surface area contributed by atoms with E-state index in [9.17, 15) is 70.9 Å². The van der Waals surface area contributed by atoms with E-state index >= 15 is 0 Å². The molecule has 446 valence electrons. The number of rotatable bonds is 12. The first kappa shape index (κ1) is 60.5. The van der Waals surface area contributed by atoms with Crippen molar-refractivity contribution in [3.63, 3.8) is 0 Å². The SMILES string of the molecule is CCOC(=O)[C@@H]1O[C@H](O[C@@H]2CC[C@@]3(C)[C@H]4CC=C5[C@H]6CC(C)(C)CC[C@]6(C(=O)O[C@H]6O[C@H](CO)[C@@H](O)[C@@H](O)[C@@H]6O)CC[C@]5(C)[C@@]4(C)CC[C@H]3C2(C)C)[C@H](O)[C@@H](O[C@H]2O[C@@H](CO)[C@H](O)[C@@H](O)[C@H]2O)[C@@H]1O[C@H]1OC[C@H](O)[C@@H](O)[C@@H]1O. The molecule has 0 unspecified atom stereocenters. The average molecular weight is 1120 g/mol. The predicted molar refractivity (Wildman–Crippen MR) is 266 cm³/mol. The monoisotopic (exact) mass is 1120 g/mol. The van der Waals surface area contributed by atoms with Crippen LogP contribution in [-0.4, -0.2) is 222 Å². The van der Waals surface area contributed by atoms with E-state index in [-0.39, 0.29) is 46.0 Å². The summed E-state index contributed by atoms with van der Waals surface area (Å²) in [6.07, 6.45) is -23.8. The van der Waals surface area contributed by atoms with Gasteiger partial charge in [0.1, 0.15) is 85.5 Å². The van der Waals surface area contributed by atoms with Crippen molar-refractivity contribution in [2.45, 2.75) is 242 Å². The summed E-state index contributed by atoms with van der Waals surface area (Å²) in [5.74, 6) is -1.49. The highest BCUT2D eigenvalue weighted by atomic mass is 16.8. The van der Waals surface area contributed by atoms with E-state index in [0.717, 1.165) is 32.1 Å². The van der Waals surface area contributed by atoms with Gasteiger partial charge in [-0.05, 0) is 116 Å². The first-order chi connectivity index (χ1) is 36.5. The van der Waals surface area contributed by atoms with E-state index < -0.39 is 165 Å². The molecule has 27 atom stereocenters. The van der Waals surface area contributed by atoms with E-state index in [1.165, 1.54) is 5.57 Å². The Morgan fingerprint density at radius 1 is 0.615 bits per heavy atom. The number of fused-ring (bicyclic) bond motifs is 7. The van der Waals surface area contributed by atoms with E-state index in [0.29, 0.717) is 32.1 Å². The van der Waals surface area contributed by atoms with Gasteiger partial charge in [0.25, 0.3) is 0 Å². The topological polar surface area (TPSA) is 360 Å². The zero-order valence-electron chi connectivity index (χ0n) is 46.1. The molecule has 4 heterocycles. The van der Waals surface area contributed by atoms with Crippen LogP contribution in [0, 0.1) is 50.2 Å². The number of carbonyl (C=O) groups excluding carboxylic acids is 2. The molecule has 12 N–H and O–H groups in total. The van der Waals surface area contributed by atoms with Gasteiger partial charge in [0, 0.05) is 0 Å². The van der Waals surface area contributed by atoms with Gasteiger partial charge in [0.05, 0.1) is 37.9 Å². The summed E-state index contributed by atoms with van der Waals surface area (Å²) < 4.78 is 53.8. The van der Waals surface area contributed by atoms with E-state index in [1.807, 2.05) is 0 Å². The zero-order valence-corrected chi connectivity index (χ0v) is 46.1. The molecular formula is C55H88O23. The summed E-state index contributed by atoms with van der Waals surface area (Å²) >= 11 is 0. The molecule has 4 aliphatic heterocycles. The van der Waals surface area contributed by atoms with E-state index in [2.05, 4.69) is 54.5 Å². The molecule has 9 aliphatic rings. The normalized spacial score (nSPS) is 51.8. The first-order valence-electron chi connectivity index (χ1n) is 28.2. The van der Waals surface area contributed by atoms with Crippen LogP contribution in [0.5, 0.6) is 0 Å². The van der Waals surface area contributed by atoms with Crippen molar-refractivity contribution in [1.29, 1.82) is 0 Å². The minimum absolute atomic E-state index is 0.0516. The van der Waals surface area contributed by atoms with Gasteiger partial charge in [-0.15, -0.1) is 0 Å². The van der Waals surface area contributed by atoms with Crippen molar-refractivity contribution in [3.8, 4) is 0 Å². The molecule has 0 aromatic rings. The zero-order chi connectivity index (χ0) is 57.0. The third kappa shape index (κ3) is 9.93. The molecule has 8 fully saturated rings. The lowest BCUT2D eigenvalue weighted by Crippen LogP contribution is -2.68. The largest absolute Gasteiger partial charge is 0.464 e. The molecule has 23 heteroatoms. The van der Waals surface area contributed by atoms with Crippen LogP contribution in [0.2, 0.25) is 0 Å². The second kappa shape index (κ2) is 22.2. The number of hydrogen-bond donors (Lipinski definition) is 12. The molecular weight excluding hydrogens is 1030 g/mol. The fourth-order valence-electron chi connectivity index (χ4n) is 16.4. The standard InChI is InChI=1S/C55H88O23/c1-9-70-44(68)43-42(76-45-37(64)32(59)26(58)23-71-45)41(75-46-38(65)35(62)33(60)27(21-56)72-46)40(67)48(77-43)74-31-13-14-52(6)29(51(31,4)5)12-15-54(8)30(52)11-10-24-25-20-50(2,3)16-18-55(25,19-17-53(24,54)7)49(69)78-47-39(66)36(63)34(61)28(22-57)73-47/h10,25-43,45-48,56-67H,9,11-23H2,1-8H3/t25-,26+,27+,28-,29+,30-,31-,32-,33+,34-,35-,36-,37+,38-,39+,40-,41-,42+,43-,45-,46-,47-,48+,52-,53+,54+,55+/m1/s1. The van der Waals surface area contributed by atoms with E-state index in [4.69, 9.17) is 42.6 Å². The maximum atomic E-state index is 14.8. The highest BCUT2D eigenvalue weighted by Gasteiger charge is 2.70.